The zero-order valence-electron chi connectivity index (χ0n) is 12.5. The van der Waals surface area contributed by atoms with Crippen molar-refractivity contribution in [2.45, 2.75) is 26.4 Å². The number of carbonyl (C=O) groups excluding carboxylic acids is 1. The third-order valence-corrected chi connectivity index (χ3v) is 4.02. The molecule has 0 aliphatic carbocycles. The summed E-state index contributed by atoms with van der Waals surface area (Å²) in [5.74, 6) is 0.123. The van der Waals surface area contributed by atoms with Gasteiger partial charge in [-0.3, -0.25) is 9.69 Å². The van der Waals surface area contributed by atoms with Crippen molar-refractivity contribution in [2.75, 3.05) is 26.2 Å². The van der Waals surface area contributed by atoms with Crippen molar-refractivity contribution in [2.24, 2.45) is 11.7 Å². The number of nitrogens with zero attached hydrogens (tertiary/aromatic N) is 2. The Labute approximate surface area is 121 Å². The fraction of sp³-hybridized carbons (Fsp3) is 0.562. The number of piperazine rings is 1. The highest BCUT2D eigenvalue weighted by Crippen LogP contribution is 2.15. The fourth-order valence-electron chi connectivity index (χ4n) is 2.73. The first kappa shape index (κ1) is 15.0. The van der Waals surface area contributed by atoms with Crippen molar-refractivity contribution < 1.29 is 4.79 Å². The van der Waals surface area contributed by atoms with E-state index in [0.717, 1.165) is 26.2 Å². The van der Waals surface area contributed by atoms with E-state index in [1.165, 1.54) is 5.56 Å². The van der Waals surface area contributed by atoms with Gasteiger partial charge < -0.3 is 10.6 Å². The molecule has 1 saturated heterocycles. The van der Waals surface area contributed by atoms with Gasteiger partial charge in [-0.25, -0.2) is 0 Å². The average molecular weight is 275 g/mol. The maximum absolute atomic E-state index is 12.2. The SMILES string of the molecule is CC(CN)C(=O)N1CCN(Cc2ccccc2)CC1C. The van der Waals surface area contributed by atoms with Crippen molar-refractivity contribution in [3.63, 3.8) is 0 Å². The van der Waals surface area contributed by atoms with Crippen molar-refractivity contribution in [1.82, 2.24) is 9.80 Å². The molecule has 4 nitrogen and oxygen atoms in total. The van der Waals surface area contributed by atoms with Crippen LogP contribution in [-0.4, -0.2) is 47.9 Å². The molecule has 2 N–H and O–H groups in total. The van der Waals surface area contributed by atoms with E-state index in [1.807, 2.05) is 17.9 Å². The predicted molar refractivity (Wildman–Crippen MR) is 81.1 cm³/mol. The Morgan fingerprint density at radius 2 is 2.05 bits per heavy atom. The first-order chi connectivity index (χ1) is 9.61. The van der Waals surface area contributed by atoms with Gasteiger partial charge in [-0.05, 0) is 12.5 Å². The molecule has 2 rings (SSSR count). The maximum atomic E-state index is 12.2. The molecule has 1 heterocycles. The van der Waals surface area contributed by atoms with Crippen molar-refractivity contribution >= 4 is 5.91 Å². The van der Waals surface area contributed by atoms with E-state index in [9.17, 15) is 4.79 Å². The van der Waals surface area contributed by atoms with E-state index in [-0.39, 0.29) is 17.9 Å². The van der Waals surface area contributed by atoms with Gasteiger partial charge in [0.05, 0.1) is 0 Å². The molecule has 0 bridgehead atoms. The van der Waals surface area contributed by atoms with Gasteiger partial charge >= 0.3 is 0 Å². The Hall–Kier alpha value is -1.39. The normalized spacial score (nSPS) is 21.8. The second kappa shape index (κ2) is 6.86. The summed E-state index contributed by atoms with van der Waals surface area (Å²) in [5.41, 5.74) is 6.93. The monoisotopic (exact) mass is 275 g/mol. The molecule has 20 heavy (non-hydrogen) atoms. The molecule has 0 aromatic heterocycles. The minimum atomic E-state index is -0.0712. The molecule has 1 amide bonds. The molecule has 0 saturated carbocycles. The molecule has 4 heteroatoms. The summed E-state index contributed by atoms with van der Waals surface area (Å²) >= 11 is 0. The zero-order chi connectivity index (χ0) is 14.5. The van der Waals surface area contributed by atoms with E-state index >= 15 is 0 Å². The molecular formula is C16H25N3O. The fourth-order valence-corrected chi connectivity index (χ4v) is 2.73. The molecule has 1 aromatic carbocycles. The standard InChI is InChI=1S/C16H25N3O/c1-13(10-17)16(20)19-9-8-18(11-14(19)2)12-15-6-4-3-5-7-15/h3-7,13-14H,8-12,17H2,1-2H3. The highest BCUT2D eigenvalue weighted by Gasteiger charge is 2.29. The second-order valence-electron chi connectivity index (χ2n) is 5.74. The van der Waals surface area contributed by atoms with E-state index in [2.05, 4.69) is 36.1 Å². The van der Waals surface area contributed by atoms with Crippen LogP contribution in [0.3, 0.4) is 0 Å². The Morgan fingerprint density at radius 1 is 1.35 bits per heavy atom. The van der Waals surface area contributed by atoms with Crippen LogP contribution in [0.1, 0.15) is 19.4 Å². The summed E-state index contributed by atoms with van der Waals surface area (Å²) in [7, 11) is 0. The number of benzene rings is 1. The molecule has 0 spiro atoms. The van der Waals surface area contributed by atoms with E-state index in [4.69, 9.17) is 5.73 Å². The van der Waals surface area contributed by atoms with Crippen LogP contribution in [0.15, 0.2) is 30.3 Å². The number of hydrogen-bond acceptors (Lipinski definition) is 3. The molecule has 1 fully saturated rings. The molecular weight excluding hydrogens is 250 g/mol. The number of carbonyl (C=O) groups is 1. The van der Waals surface area contributed by atoms with E-state index in [1.54, 1.807) is 0 Å². The predicted octanol–water partition coefficient (Wildman–Crippen LogP) is 1.31. The van der Waals surface area contributed by atoms with Gasteiger partial charge in [-0.1, -0.05) is 37.3 Å². The van der Waals surface area contributed by atoms with Crippen LogP contribution in [0, 0.1) is 5.92 Å². The minimum absolute atomic E-state index is 0.0712. The lowest BCUT2D eigenvalue weighted by atomic mass is 10.1. The first-order valence-corrected chi connectivity index (χ1v) is 7.38. The van der Waals surface area contributed by atoms with Crippen LogP contribution in [0.2, 0.25) is 0 Å². The van der Waals surface area contributed by atoms with E-state index in [0.29, 0.717) is 6.54 Å². The van der Waals surface area contributed by atoms with Gasteiger partial charge in [0, 0.05) is 44.7 Å². The van der Waals surface area contributed by atoms with Gasteiger partial charge in [-0.2, -0.15) is 0 Å². The van der Waals surface area contributed by atoms with Gasteiger partial charge in [0.2, 0.25) is 5.91 Å². The molecule has 110 valence electrons. The highest BCUT2D eigenvalue weighted by molar-refractivity contribution is 5.79. The first-order valence-electron chi connectivity index (χ1n) is 7.38. The summed E-state index contributed by atoms with van der Waals surface area (Å²) in [4.78, 5) is 16.6. The number of amides is 1. The van der Waals surface area contributed by atoms with Gasteiger partial charge in [-0.15, -0.1) is 0 Å². The molecule has 1 aromatic rings. The van der Waals surface area contributed by atoms with Crippen LogP contribution in [0.4, 0.5) is 0 Å². The van der Waals surface area contributed by atoms with Crippen LogP contribution in [0.25, 0.3) is 0 Å². The smallest absolute Gasteiger partial charge is 0.227 e. The van der Waals surface area contributed by atoms with Crippen LogP contribution >= 0.6 is 0 Å². The molecule has 1 aliphatic heterocycles. The lowest BCUT2D eigenvalue weighted by molar-refractivity contribution is -0.139. The summed E-state index contributed by atoms with van der Waals surface area (Å²) in [5, 5.41) is 0. The van der Waals surface area contributed by atoms with Crippen LogP contribution in [-0.2, 0) is 11.3 Å². The lowest BCUT2D eigenvalue weighted by Crippen LogP contribution is -2.55. The molecule has 2 atom stereocenters. The number of nitrogens with two attached hydrogens (primary N) is 1. The Balaban J connectivity index is 1.90. The number of rotatable bonds is 4. The Kier molecular flexibility index (Phi) is 5.15. The summed E-state index contributed by atoms with van der Waals surface area (Å²) < 4.78 is 0. The maximum Gasteiger partial charge on any atom is 0.227 e. The van der Waals surface area contributed by atoms with Crippen LogP contribution in [0.5, 0.6) is 0 Å². The molecule has 2 unspecified atom stereocenters. The van der Waals surface area contributed by atoms with Gasteiger partial charge in [0.25, 0.3) is 0 Å². The molecule has 0 radical (unpaired) electrons. The minimum Gasteiger partial charge on any atom is -0.337 e. The quantitative estimate of drug-likeness (QED) is 0.901. The lowest BCUT2D eigenvalue weighted by Gasteiger charge is -2.41. The summed E-state index contributed by atoms with van der Waals surface area (Å²) in [6.07, 6.45) is 0. The second-order valence-corrected chi connectivity index (χ2v) is 5.74. The van der Waals surface area contributed by atoms with E-state index < -0.39 is 0 Å². The third kappa shape index (κ3) is 3.58. The molecule has 1 aliphatic rings. The summed E-state index contributed by atoms with van der Waals surface area (Å²) in [6.45, 7) is 8.08. The van der Waals surface area contributed by atoms with Crippen molar-refractivity contribution in [3.05, 3.63) is 35.9 Å². The summed E-state index contributed by atoms with van der Waals surface area (Å²) in [6, 6.07) is 10.7. The highest BCUT2D eigenvalue weighted by atomic mass is 16.2. The third-order valence-electron chi connectivity index (χ3n) is 4.02. The average Bonchev–Trinajstić information content (AvgIpc) is 2.47. The van der Waals surface area contributed by atoms with Gasteiger partial charge in [0.15, 0.2) is 0 Å². The van der Waals surface area contributed by atoms with Gasteiger partial charge in [0.1, 0.15) is 0 Å². The van der Waals surface area contributed by atoms with Crippen molar-refractivity contribution in [1.29, 1.82) is 0 Å². The topological polar surface area (TPSA) is 49.6 Å². The van der Waals surface area contributed by atoms with Crippen LogP contribution < -0.4 is 5.73 Å². The largest absolute Gasteiger partial charge is 0.337 e. The zero-order valence-corrected chi connectivity index (χ0v) is 12.5. The van der Waals surface area contributed by atoms with Crippen molar-refractivity contribution in [3.8, 4) is 0 Å². The Bertz CT molecular complexity index is 435. The Morgan fingerprint density at radius 3 is 2.65 bits per heavy atom. The number of hydrogen-bond donors (Lipinski definition) is 1.